The molecule has 0 saturated carbocycles. The normalized spacial score (nSPS) is 27.4. The zero-order chi connectivity index (χ0) is 14.5. The molecule has 2 atom stereocenters. The number of aliphatic carboxylic acids is 1. The minimum atomic E-state index is -1.01. The van der Waals surface area contributed by atoms with Crippen LogP contribution in [0.4, 0.5) is 4.79 Å². The minimum absolute atomic E-state index is 0.0552. The molecule has 2 rings (SSSR count). The first-order valence-corrected chi connectivity index (χ1v) is 7.14. The number of carboxylic acid groups (broad SMARTS) is 1. The summed E-state index contributed by atoms with van der Waals surface area (Å²) in [6.07, 6.45) is 1.24. The Bertz CT molecular complexity index is 362. The van der Waals surface area contributed by atoms with Gasteiger partial charge in [0.15, 0.2) is 6.10 Å². The smallest absolute Gasteiger partial charge is 0.334 e. The number of urea groups is 1. The van der Waals surface area contributed by atoms with Gasteiger partial charge in [-0.3, -0.25) is 0 Å². The third-order valence-corrected chi connectivity index (χ3v) is 3.89. The molecule has 2 aliphatic rings. The van der Waals surface area contributed by atoms with Crippen LogP contribution in [0.2, 0.25) is 0 Å². The van der Waals surface area contributed by atoms with Crippen LogP contribution in [0, 0.1) is 5.92 Å². The quantitative estimate of drug-likeness (QED) is 0.752. The van der Waals surface area contributed by atoms with Crippen molar-refractivity contribution in [1.82, 2.24) is 15.1 Å². The summed E-state index contributed by atoms with van der Waals surface area (Å²) in [6.45, 7) is 3.31. The number of hydrogen-bond donors (Lipinski definition) is 2. The van der Waals surface area contributed by atoms with Gasteiger partial charge in [0.05, 0.1) is 13.2 Å². The number of carbonyl (C=O) groups excluding carboxylic acids is 1. The van der Waals surface area contributed by atoms with E-state index in [1.165, 1.54) is 0 Å². The molecule has 2 unspecified atom stereocenters. The fraction of sp³-hybridized carbons (Fsp3) is 0.846. The zero-order valence-electron chi connectivity index (χ0n) is 11.9. The van der Waals surface area contributed by atoms with Gasteiger partial charge in [-0.25, -0.2) is 9.59 Å². The van der Waals surface area contributed by atoms with Gasteiger partial charge < -0.3 is 25.0 Å². The van der Waals surface area contributed by atoms with Crippen molar-refractivity contribution < 1.29 is 19.4 Å². The molecular formula is C13H23N3O4. The molecule has 2 aliphatic heterocycles. The summed E-state index contributed by atoms with van der Waals surface area (Å²) in [6, 6.07) is -0.0552. The average Bonchev–Trinajstić information content (AvgIpc) is 2.47. The second kappa shape index (κ2) is 6.90. The van der Waals surface area contributed by atoms with Crippen LogP contribution in [-0.2, 0) is 9.53 Å². The lowest BCUT2D eigenvalue weighted by Gasteiger charge is -2.38. The molecule has 0 radical (unpaired) electrons. The maximum absolute atomic E-state index is 12.5. The van der Waals surface area contributed by atoms with Crippen LogP contribution < -0.4 is 5.32 Å². The van der Waals surface area contributed by atoms with E-state index in [1.807, 2.05) is 11.9 Å². The lowest BCUT2D eigenvalue weighted by Crippen LogP contribution is -2.55. The van der Waals surface area contributed by atoms with E-state index in [1.54, 1.807) is 4.90 Å². The van der Waals surface area contributed by atoms with Crippen LogP contribution in [0.1, 0.15) is 12.8 Å². The number of piperidine rings is 1. The van der Waals surface area contributed by atoms with E-state index in [2.05, 4.69) is 5.32 Å². The summed E-state index contributed by atoms with van der Waals surface area (Å²) in [7, 11) is 1.92. The Morgan fingerprint density at radius 2 is 2.05 bits per heavy atom. The van der Waals surface area contributed by atoms with Crippen molar-refractivity contribution in [2.45, 2.75) is 18.9 Å². The van der Waals surface area contributed by atoms with Gasteiger partial charge in [0, 0.05) is 19.6 Å². The van der Waals surface area contributed by atoms with Crippen molar-refractivity contribution in [3.63, 3.8) is 0 Å². The number of carboxylic acids is 1. The van der Waals surface area contributed by atoms with Crippen LogP contribution in [0.5, 0.6) is 0 Å². The molecule has 2 saturated heterocycles. The lowest BCUT2D eigenvalue weighted by molar-refractivity contribution is -0.154. The van der Waals surface area contributed by atoms with E-state index >= 15 is 0 Å². The fourth-order valence-corrected chi connectivity index (χ4v) is 2.87. The molecule has 0 aromatic carbocycles. The Labute approximate surface area is 118 Å². The number of nitrogens with one attached hydrogen (secondary N) is 1. The predicted molar refractivity (Wildman–Crippen MR) is 72.6 cm³/mol. The molecule has 7 nitrogen and oxygen atoms in total. The standard InChI is InChI=1S/C13H23N3O4/c1-14-7-10-3-2-4-15(8-10)13(19)16-5-6-20-11(9-16)12(17)18/h10-11,14H,2-9H2,1H3,(H,17,18). The monoisotopic (exact) mass is 285 g/mol. The number of carbonyl (C=O) groups is 2. The predicted octanol–water partition coefficient (Wildman–Crippen LogP) is -0.177. The number of morpholine rings is 1. The summed E-state index contributed by atoms with van der Waals surface area (Å²) < 4.78 is 5.14. The molecule has 114 valence electrons. The molecule has 7 heteroatoms. The first-order chi connectivity index (χ1) is 9.61. The van der Waals surface area contributed by atoms with Crippen LogP contribution in [0.25, 0.3) is 0 Å². The van der Waals surface area contributed by atoms with Gasteiger partial charge in [-0.1, -0.05) is 0 Å². The van der Waals surface area contributed by atoms with Gasteiger partial charge in [0.1, 0.15) is 0 Å². The molecule has 2 amide bonds. The number of nitrogens with zero attached hydrogens (tertiary/aromatic N) is 2. The number of ether oxygens (including phenoxy) is 1. The number of rotatable bonds is 3. The zero-order valence-corrected chi connectivity index (χ0v) is 11.9. The third kappa shape index (κ3) is 3.61. The molecule has 0 aliphatic carbocycles. The van der Waals surface area contributed by atoms with E-state index in [-0.39, 0.29) is 19.2 Å². The molecule has 2 heterocycles. The summed E-state index contributed by atoms with van der Waals surface area (Å²) in [5, 5.41) is 12.1. The van der Waals surface area contributed by atoms with E-state index in [9.17, 15) is 9.59 Å². The maximum Gasteiger partial charge on any atom is 0.334 e. The van der Waals surface area contributed by atoms with Crippen LogP contribution >= 0.6 is 0 Å². The Morgan fingerprint density at radius 3 is 2.75 bits per heavy atom. The molecule has 2 fully saturated rings. The Morgan fingerprint density at radius 1 is 1.30 bits per heavy atom. The van der Waals surface area contributed by atoms with Crippen molar-refractivity contribution in [3.05, 3.63) is 0 Å². The number of likely N-dealkylation sites (tertiary alicyclic amines) is 1. The van der Waals surface area contributed by atoms with Crippen molar-refractivity contribution >= 4 is 12.0 Å². The van der Waals surface area contributed by atoms with Gasteiger partial charge in [0.2, 0.25) is 0 Å². The topological polar surface area (TPSA) is 82.1 Å². The van der Waals surface area contributed by atoms with E-state index in [0.29, 0.717) is 12.5 Å². The van der Waals surface area contributed by atoms with Crippen LogP contribution in [0.3, 0.4) is 0 Å². The van der Waals surface area contributed by atoms with E-state index in [0.717, 1.165) is 32.5 Å². The van der Waals surface area contributed by atoms with Crippen molar-refractivity contribution in [2.75, 3.05) is 46.4 Å². The summed E-state index contributed by atoms with van der Waals surface area (Å²) >= 11 is 0. The van der Waals surface area contributed by atoms with Gasteiger partial charge in [-0.15, -0.1) is 0 Å². The second-order valence-electron chi connectivity index (χ2n) is 5.44. The highest BCUT2D eigenvalue weighted by Gasteiger charge is 2.32. The second-order valence-corrected chi connectivity index (χ2v) is 5.44. The average molecular weight is 285 g/mol. The minimum Gasteiger partial charge on any atom is -0.479 e. The highest BCUT2D eigenvalue weighted by molar-refractivity contribution is 5.77. The van der Waals surface area contributed by atoms with Crippen LogP contribution in [0.15, 0.2) is 0 Å². The summed E-state index contributed by atoms with van der Waals surface area (Å²) in [5.74, 6) is -0.525. The highest BCUT2D eigenvalue weighted by Crippen LogP contribution is 2.18. The van der Waals surface area contributed by atoms with Gasteiger partial charge >= 0.3 is 12.0 Å². The molecular weight excluding hydrogens is 262 g/mol. The molecule has 0 aromatic heterocycles. The molecule has 0 aromatic rings. The first-order valence-electron chi connectivity index (χ1n) is 7.14. The number of hydrogen-bond acceptors (Lipinski definition) is 4. The van der Waals surface area contributed by atoms with Gasteiger partial charge in [0.25, 0.3) is 0 Å². The lowest BCUT2D eigenvalue weighted by atomic mass is 9.98. The summed E-state index contributed by atoms with van der Waals surface area (Å²) in [4.78, 5) is 26.8. The SMILES string of the molecule is CNCC1CCCN(C(=O)N2CCOC(C(=O)O)C2)C1. The molecule has 0 spiro atoms. The molecule has 0 bridgehead atoms. The highest BCUT2D eigenvalue weighted by atomic mass is 16.5. The van der Waals surface area contributed by atoms with E-state index < -0.39 is 12.1 Å². The van der Waals surface area contributed by atoms with Crippen LogP contribution in [-0.4, -0.2) is 79.4 Å². The molecule has 20 heavy (non-hydrogen) atoms. The van der Waals surface area contributed by atoms with Crippen molar-refractivity contribution in [3.8, 4) is 0 Å². The fourth-order valence-electron chi connectivity index (χ4n) is 2.87. The Balaban J connectivity index is 1.91. The third-order valence-electron chi connectivity index (χ3n) is 3.89. The van der Waals surface area contributed by atoms with Gasteiger partial charge in [-0.05, 0) is 32.4 Å². The largest absolute Gasteiger partial charge is 0.479 e. The number of amides is 2. The maximum atomic E-state index is 12.5. The molecule has 2 N–H and O–H groups in total. The summed E-state index contributed by atoms with van der Waals surface area (Å²) in [5.41, 5.74) is 0. The van der Waals surface area contributed by atoms with Gasteiger partial charge in [-0.2, -0.15) is 0 Å². The Kier molecular flexibility index (Phi) is 5.19. The Hall–Kier alpha value is -1.34. The van der Waals surface area contributed by atoms with E-state index in [4.69, 9.17) is 9.84 Å². The van der Waals surface area contributed by atoms with Crippen molar-refractivity contribution in [1.29, 1.82) is 0 Å². The first kappa shape index (κ1) is 15.1. The van der Waals surface area contributed by atoms with Crippen molar-refractivity contribution in [2.24, 2.45) is 5.92 Å².